The van der Waals surface area contributed by atoms with Gasteiger partial charge in [-0.1, -0.05) is 109 Å². The molecular formula is C46H29NOS. The summed E-state index contributed by atoms with van der Waals surface area (Å²) in [6.07, 6.45) is 0. The van der Waals surface area contributed by atoms with E-state index in [1.54, 1.807) is 0 Å². The monoisotopic (exact) mass is 643 g/mol. The normalized spacial score (nSPS) is 11.7. The van der Waals surface area contributed by atoms with E-state index in [-0.39, 0.29) is 0 Å². The van der Waals surface area contributed by atoms with Gasteiger partial charge in [-0.2, -0.15) is 0 Å². The molecule has 8 aromatic carbocycles. The van der Waals surface area contributed by atoms with Gasteiger partial charge in [-0.05, 0) is 99.8 Å². The van der Waals surface area contributed by atoms with Crippen LogP contribution in [-0.2, 0) is 0 Å². The lowest BCUT2D eigenvalue weighted by atomic mass is 10.00. The lowest BCUT2D eigenvalue weighted by molar-refractivity contribution is 0.669. The van der Waals surface area contributed by atoms with Crippen molar-refractivity contribution in [3.63, 3.8) is 0 Å². The first-order chi connectivity index (χ1) is 24.3. The first kappa shape index (κ1) is 27.9. The average Bonchev–Trinajstić information content (AvgIpc) is 3.74. The molecule has 0 radical (unpaired) electrons. The molecule has 0 bridgehead atoms. The van der Waals surface area contributed by atoms with Gasteiger partial charge < -0.3 is 9.32 Å². The molecule has 0 fully saturated rings. The van der Waals surface area contributed by atoms with Crippen molar-refractivity contribution in [2.24, 2.45) is 0 Å². The van der Waals surface area contributed by atoms with Gasteiger partial charge in [0.15, 0.2) is 0 Å². The van der Waals surface area contributed by atoms with Gasteiger partial charge in [-0.15, -0.1) is 11.3 Å². The van der Waals surface area contributed by atoms with Crippen molar-refractivity contribution in [3.05, 3.63) is 176 Å². The van der Waals surface area contributed by atoms with Gasteiger partial charge in [0.2, 0.25) is 0 Å². The van der Waals surface area contributed by atoms with Gasteiger partial charge in [-0.3, -0.25) is 0 Å². The minimum absolute atomic E-state index is 0.908. The van der Waals surface area contributed by atoms with Gasteiger partial charge in [-0.25, -0.2) is 0 Å². The third-order valence-corrected chi connectivity index (χ3v) is 10.8. The van der Waals surface area contributed by atoms with Crippen LogP contribution in [-0.4, -0.2) is 0 Å². The van der Waals surface area contributed by atoms with Crippen molar-refractivity contribution in [2.75, 3.05) is 4.90 Å². The van der Waals surface area contributed by atoms with E-state index < -0.39 is 0 Å². The second kappa shape index (κ2) is 11.2. The lowest BCUT2D eigenvalue weighted by Gasteiger charge is -2.27. The standard InChI is InChI=1S/C46H29NOS/c1-2-10-32-27-34(20-19-30(32)9-1)33-11-7-12-37(28-33)47(41-15-8-18-45-46(41)40-14-4-6-17-44(40)49-45)36-24-21-31(22-25-36)35-23-26-39-38-13-3-5-16-42(38)48-43(39)29-35/h1-29H. The van der Waals surface area contributed by atoms with Crippen LogP contribution in [0.15, 0.2) is 180 Å². The molecule has 0 spiro atoms. The van der Waals surface area contributed by atoms with Crippen molar-refractivity contribution >= 4 is 81.3 Å². The van der Waals surface area contributed by atoms with E-state index in [1.807, 2.05) is 23.5 Å². The van der Waals surface area contributed by atoms with Gasteiger partial charge in [0, 0.05) is 42.3 Å². The van der Waals surface area contributed by atoms with Crippen LogP contribution in [0.1, 0.15) is 0 Å². The molecule has 3 heteroatoms. The molecule has 0 atom stereocenters. The summed E-state index contributed by atoms with van der Waals surface area (Å²) in [6, 6.07) is 63.4. The van der Waals surface area contributed by atoms with E-state index in [9.17, 15) is 0 Å². The molecule has 2 aromatic heterocycles. The van der Waals surface area contributed by atoms with Crippen LogP contribution in [0, 0.1) is 0 Å². The summed E-state index contributed by atoms with van der Waals surface area (Å²) < 4.78 is 8.80. The second-order valence-corrected chi connectivity index (χ2v) is 13.6. The molecule has 0 saturated carbocycles. The first-order valence-corrected chi connectivity index (χ1v) is 17.4. The highest BCUT2D eigenvalue weighted by atomic mass is 32.1. The zero-order chi connectivity index (χ0) is 32.3. The quantitative estimate of drug-likeness (QED) is 0.186. The van der Waals surface area contributed by atoms with Crippen LogP contribution in [0.25, 0.3) is 75.1 Å². The third kappa shape index (κ3) is 4.70. The Hall–Kier alpha value is -6.16. The van der Waals surface area contributed by atoms with E-state index in [0.29, 0.717) is 0 Å². The number of furan rings is 1. The highest BCUT2D eigenvalue weighted by Crippen LogP contribution is 2.45. The summed E-state index contributed by atoms with van der Waals surface area (Å²) in [7, 11) is 0. The minimum Gasteiger partial charge on any atom is -0.456 e. The molecule has 10 aromatic rings. The minimum atomic E-state index is 0.908. The number of benzene rings is 8. The lowest BCUT2D eigenvalue weighted by Crippen LogP contribution is -2.10. The van der Waals surface area contributed by atoms with Crippen LogP contribution in [0.3, 0.4) is 0 Å². The molecule has 49 heavy (non-hydrogen) atoms. The molecule has 0 aliphatic carbocycles. The Balaban J connectivity index is 1.12. The van der Waals surface area contributed by atoms with Crippen LogP contribution in [0.4, 0.5) is 17.1 Å². The predicted molar refractivity (Wildman–Crippen MR) is 210 cm³/mol. The van der Waals surface area contributed by atoms with E-state index in [0.717, 1.165) is 44.4 Å². The highest BCUT2D eigenvalue weighted by molar-refractivity contribution is 7.26. The first-order valence-electron chi connectivity index (χ1n) is 16.6. The van der Waals surface area contributed by atoms with Crippen molar-refractivity contribution in [2.45, 2.75) is 0 Å². The van der Waals surface area contributed by atoms with Crippen molar-refractivity contribution in [1.29, 1.82) is 0 Å². The smallest absolute Gasteiger partial charge is 0.136 e. The molecule has 0 aliphatic rings. The summed E-state index contributed by atoms with van der Waals surface area (Å²) >= 11 is 1.85. The zero-order valence-electron chi connectivity index (χ0n) is 26.5. The number of fused-ring (bicyclic) bond motifs is 7. The fourth-order valence-corrected chi connectivity index (χ4v) is 8.40. The maximum atomic E-state index is 6.22. The Bertz CT molecular complexity index is 2840. The Kier molecular flexibility index (Phi) is 6.39. The summed E-state index contributed by atoms with van der Waals surface area (Å²) in [4.78, 5) is 2.41. The number of para-hydroxylation sites is 1. The van der Waals surface area contributed by atoms with E-state index in [2.05, 4.69) is 169 Å². The largest absolute Gasteiger partial charge is 0.456 e. The van der Waals surface area contributed by atoms with Gasteiger partial charge >= 0.3 is 0 Å². The van der Waals surface area contributed by atoms with Crippen LogP contribution in [0.5, 0.6) is 0 Å². The maximum Gasteiger partial charge on any atom is 0.136 e. The molecular weight excluding hydrogens is 615 g/mol. The molecule has 0 aliphatic heterocycles. The summed E-state index contributed by atoms with van der Waals surface area (Å²) in [5.74, 6) is 0. The number of nitrogens with zero attached hydrogens (tertiary/aromatic N) is 1. The fourth-order valence-electron chi connectivity index (χ4n) is 7.27. The Morgan fingerprint density at radius 1 is 0.388 bits per heavy atom. The number of hydrogen-bond acceptors (Lipinski definition) is 3. The molecule has 230 valence electrons. The molecule has 0 amide bonds. The maximum absolute atomic E-state index is 6.22. The number of anilines is 3. The van der Waals surface area contributed by atoms with E-state index in [1.165, 1.54) is 47.8 Å². The number of rotatable bonds is 5. The van der Waals surface area contributed by atoms with Crippen LogP contribution in [0.2, 0.25) is 0 Å². The van der Waals surface area contributed by atoms with E-state index in [4.69, 9.17) is 4.42 Å². The molecule has 0 unspecified atom stereocenters. The Labute approximate surface area is 287 Å². The number of hydrogen-bond donors (Lipinski definition) is 0. The molecule has 2 heterocycles. The van der Waals surface area contributed by atoms with Crippen LogP contribution < -0.4 is 4.90 Å². The number of thiophene rings is 1. The molecule has 0 saturated heterocycles. The topological polar surface area (TPSA) is 16.4 Å². The van der Waals surface area contributed by atoms with Gasteiger partial charge in [0.25, 0.3) is 0 Å². The van der Waals surface area contributed by atoms with Gasteiger partial charge in [0.1, 0.15) is 11.2 Å². The molecule has 2 nitrogen and oxygen atoms in total. The Morgan fingerprint density at radius 3 is 1.98 bits per heavy atom. The van der Waals surface area contributed by atoms with Gasteiger partial charge in [0.05, 0.1) is 5.69 Å². The fraction of sp³-hybridized carbons (Fsp3) is 0. The van der Waals surface area contributed by atoms with Crippen molar-refractivity contribution < 1.29 is 4.42 Å². The van der Waals surface area contributed by atoms with Crippen molar-refractivity contribution in [3.8, 4) is 22.3 Å². The Morgan fingerprint density at radius 2 is 1.06 bits per heavy atom. The average molecular weight is 644 g/mol. The highest BCUT2D eigenvalue weighted by Gasteiger charge is 2.19. The zero-order valence-corrected chi connectivity index (χ0v) is 27.3. The predicted octanol–water partition coefficient (Wildman–Crippen LogP) is 13.9. The summed E-state index contributed by atoms with van der Waals surface area (Å²) in [5.41, 5.74) is 9.89. The summed E-state index contributed by atoms with van der Waals surface area (Å²) in [6.45, 7) is 0. The van der Waals surface area contributed by atoms with E-state index >= 15 is 0 Å². The molecule has 0 N–H and O–H groups in total. The summed E-state index contributed by atoms with van der Waals surface area (Å²) in [5, 5.41) is 7.34. The van der Waals surface area contributed by atoms with Crippen molar-refractivity contribution in [1.82, 2.24) is 0 Å². The molecule has 10 rings (SSSR count). The van der Waals surface area contributed by atoms with Crippen LogP contribution >= 0.6 is 11.3 Å². The SMILES string of the molecule is c1cc(-c2ccc3ccccc3c2)cc(N(c2ccc(-c3ccc4c(c3)oc3ccccc34)cc2)c2cccc3sc4ccccc4c23)c1. The second-order valence-electron chi connectivity index (χ2n) is 12.6. The third-order valence-electron chi connectivity index (χ3n) is 9.65.